The highest BCUT2D eigenvalue weighted by atomic mass is 35.5. The summed E-state index contributed by atoms with van der Waals surface area (Å²) < 4.78 is 0. The van der Waals surface area contributed by atoms with Crippen molar-refractivity contribution in [2.75, 3.05) is 32.5 Å². The number of benzene rings is 2. The zero-order chi connectivity index (χ0) is 18.2. The van der Waals surface area contributed by atoms with E-state index in [0.717, 1.165) is 5.56 Å². The van der Waals surface area contributed by atoms with Crippen LogP contribution in [0.15, 0.2) is 54.6 Å². The Bertz CT molecular complexity index is 662. The van der Waals surface area contributed by atoms with E-state index in [1.807, 2.05) is 49.3 Å². The molecular weight excluding hydrogens is 338 g/mol. The van der Waals surface area contributed by atoms with Crippen LogP contribution in [0.25, 0.3) is 0 Å². The van der Waals surface area contributed by atoms with E-state index in [9.17, 15) is 9.90 Å². The van der Waals surface area contributed by atoms with Crippen molar-refractivity contribution in [3.8, 4) is 0 Å². The molecule has 134 valence electrons. The van der Waals surface area contributed by atoms with Crippen LogP contribution in [0.4, 0.5) is 10.5 Å². The lowest BCUT2D eigenvalue weighted by Gasteiger charge is -2.26. The van der Waals surface area contributed by atoms with Crippen molar-refractivity contribution < 1.29 is 9.90 Å². The lowest BCUT2D eigenvalue weighted by molar-refractivity contribution is 0.0911. The van der Waals surface area contributed by atoms with Crippen LogP contribution >= 0.6 is 11.6 Å². The number of anilines is 1. The summed E-state index contributed by atoms with van der Waals surface area (Å²) in [4.78, 5) is 14.1. The van der Waals surface area contributed by atoms with E-state index in [1.165, 1.54) is 0 Å². The maximum Gasteiger partial charge on any atom is 0.319 e. The van der Waals surface area contributed by atoms with E-state index >= 15 is 0 Å². The normalized spacial score (nSPS) is 13.3. The first-order valence-electron chi connectivity index (χ1n) is 8.14. The summed E-state index contributed by atoms with van der Waals surface area (Å²) in [6, 6.07) is 16.1. The van der Waals surface area contributed by atoms with Gasteiger partial charge in [-0.3, -0.25) is 0 Å². The molecule has 0 aliphatic carbocycles. The molecule has 6 heteroatoms. The van der Waals surface area contributed by atoms with Gasteiger partial charge in [0.1, 0.15) is 0 Å². The standard InChI is InChI=1S/C19H24ClN3O2/c1-23(2)13-15(18(24)14-6-4-3-5-7-14)12-21-19(25)22-17-10-8-16(20)9-11-17/h3-11,15,18,24H,12-13H2,1-2H3,(H2,21,22,25)/t15-,18-/m1/s1. The van der Waals surface area contributed by atoms with Crippen molar-refractivity contribution >= 4 is 23.3 Å². The van der Waals surface area contributed by atoms with E-state index in [-0.39, 0.29) is 11.9 Å². The molecule has 25 heavy (non-hydrogen) atoms. The first-order chi connectivity index (χ1) is 12.0. The average Bonchev–Trinajstić information content (AvgIpc) is 2.60. The third-order valence-electron chi connectivity index (χ3n) is 3.81. The van der Waals surface area contributed by atoms with Crippen LogP contribution in [-0.4, -0.2) is 43.2 Å². The second-order valence-corrected chi connectivity index (χ2v) is 6.66. The van der Waals surface area contributed by atoms with Crippen LogP contribution in [0, 0.1) is 5.92 Å². The first-order valence-corrected chi connectivity index (χ1v) is 8.51. The Kier molecular flexibility index (Phi) is 7.25. The van der Waals surface area contributed by atoms with Gasteiger partial charge in [0.25, 0.3) is 0 Å². The van der Waals surface area contributed by atoms with Crippen molar-refractivity contribution in [2.45, 2.75) is 6.10 Å². The van der Waals surface area contributed by atoms with Crippen LogP contribution in [0.1, 0.15) is 11.7 Å². The van der Waals surface area contributed by atoms with Crippen LogP contribution < -0.4 is 10.6 Å². The number of nitrogens with zero attached hydrogens (tertiary/aromatic N) is 1. The third-order valence-corrected chi connectivity index (χ3v) is 4.07. The fourth-order valence-corrected chi connectivity index (χ4v) is 2.73. The summed E-state index contributed by atoms with van der Waals surface area (Å²) in [7, 11) is 3.89. The zero-order valence-electron chi connectivity index (χ0n) is 14.4. The number of aliphatic hydroxyl groups is 1. The van der Waals surface area contributed by atoms with Gasteiger partial charge in [-0.25, -0.2) is 4.79 Å². The van der Waals surface area contributed by atoms with Gasteiger partial charge in [0, 0.05) is 29.7 Å². The molecule has 2 aromatic carbocycles. The van der Waals surface area contributed by atoms with Gasteiger partial charge in [-0.2, -0.15) is 0 Å². The zero-order valence-corrected chi connectivity index (χ0v) is 15.2. The second kappa shape index (κ2) is 9.42. The quantitative estimate of drug-likeness (QED) is 0.708. The number of nitrogens with one attached hydrogen (secondary N) is 2. The molecule has 0 aromatic heterocycles. The Morgan fingerprint density at radius 2 is 1.76 bits per heavy atom. The molecule has 2 aromatic rings. The van der Waals surface area contributed by atoms with Gasteiger partial charge >= 0.3 is 6.03 Å². The molecule has 0 saturated carbocycles. The van der Waals surface area contributed by atoms with Crippen molar-refractivity contribution in [3.63, 3.8) is 0 Å². The molecule has 2 rings (SSSR count). The minimum Gasteiger partial charge on any atom is -0.388 e. The smallest absolute Gasteiger partial charge is 0.319 e. The monoisotopic (exact) mass is 361 g/mol. The number of amides is 2. The van der Waals surface area contributed by atoms with Crippen LogP contribution in [0.3, 0.4) is 0 Å². The summed E-state index contributed by atoms with van der Waals surface area (Å²) in [5, 5.41) is 16.8. The molecule has 0 heterocycles. The van der Waals surface area contributed by atoms with E-state index in [0.29, 0.717) is 23.8 Å². The fraction of sp³-hybridized carbons (Fsp3) is 0.316. The largest absolute Gasteiger partial charge is 0.388 e. The Hall–Kier alpha value is -2.08. The number of rotatable bonds is 7. The van der Waals surface area contributed by atoms with Gasteiger partial charge in [-0.05, 0) is 43.9 Å². The lowest BCUT2D eigenvalue weighted by Crippen LogP contribution is -2.39. The van der Waals surface area contributed by atoms with E-state index < -0.39 is 6.10 Å². The Balaban J connectivity index is 1.94. The molecule has 0 bridgehead atoms. The molecule has 2 amide bonds. The fourth-order valence-electron chi connectivity index (χ4n) is 2.60. The van der Waals surface area contributed by atoms with Crippen LogP contribution in [0.2, 0.25) is 5.02 Å². The topological polar surface area (TPSA) is 64.6 Å². The molecule has 0 aliphatic rings. The van der Waals surface area contributed by atoms with Gasteiger partial charge < -0.3 is 20.6 Å². The summed E-state index contributed by atoms with van der Waals surface area (Å²) in [5.41, 5.74) is 1.50. The lowest BCUT2D eigenvalue weighted by atomic mass is 9.95. The summed E-state index contributed by atoms with van der Waals surface area (Å²) in [5.74, 6) is -0.131. The number of carbonyl (C=O) groups is 1. The van der Waals surface area contributed by atoms with Gasteiger partial charge in [0.15, 0.2) is 0 Å². The second-order valence-electron chi connectivity index (χ2n) is 6.22. The highest BCUT2D eigenvalue weighted by Crippen LogP contribution is 2.22. The highest BCUT2D eigenvalue weighted by molar-refractivity contribution is 6.30. The maximum absolute atomic E-state index is 12.1. The van der Waals surface area contributed by atoms with Gasteiger partial charge in [-0.15, -0.1) is 0 Å². The van der Waals surface area contributed by atoms with Gasteiger partial charge in [0.05, 0.1) is 6.10 Å². The molecule has 2 atom stereocenters. The minimum absolute atomic E-state index is 0.131. The Morgan fingerprint density at radius 3 is 2.36 bits per heavy atom. The number of hydrogen-bond donors (Lipinski definition) is 3. The molecule has 0 radical (unpaired) electrons. The van der Waals surface area contributed by atoms with Crippen molar-refractivity contribution in [2.24, 2.45) is 5.92 Å². The van der Waals surface area contributed by atoms with Crippen LogP contribution in [0.5, 0.6) is 0 Å². The number of halogens is 1. The number of aliphatic hydroxyl groups excluding tert-OH is 1. The van der Waals surface area contributed by atoms with Crippen molar-refractivity contribution in [1.82, 2.24) is 10.2 Å². The molecule has 5 nitrogen and oxygen atoms in total. The van der Waals surface area contributed by atoms with Crippen LogP contribution in [-0.2, 0) is 0 Å². The van der Waals surface area contributed by atoms with Crippen molar-refractivity contribution in [1.29, 1.82) is 0 Å². The predicted molar refractivity (Wildman–Crippen MR) is 102 cm³/mol. The minimum atomic E-state index is -0.653. The number of hydrogen-bond acceptors (Lipinski definition) is 3. The molecule has 0 spiro atoms. The Morgan fingerprint density at radius 1 is 1.12 bits per heavy atom. The maximum atomic E-state index is 12.1. The molecule has 0 aliphatic heterocycles. The number of carbonyl (C=O) groups excluding carboxylic acids is 1. The molecule has 0 fully saturated rings. The van der Waals surface area contributed by atoms with E-state index in [4.69, 9.17) is 11.6 Å². The SMILES string of the molecule is CN(C)C[C@@H](CNC(=O)Nc1ccc(Cl)cc1)[C@H](O)c1ccccc1. The van der Waals surface area contributed by atoms with E-state index in [1.54, 1.807) is 24.3 Å². The molecule has 0 unspecified atom stereocenters. The molecule has 3 N–H and O–H groups in total. The number of urea groups is 1. The first kappa shape index (κ1) is 19.2. The predicted octanol–water partition coefficient (Wildman–Crippen LogP) is 3.37. The summed E-state index contributed by atoms with van der Waals surface area (Å²) in [6.45, 7) is 1.00. The average molecular weight is 362 g/mol. The molecule has 0 saturated heterocycles. The summed E-state index contributed by atoms with van der Waals surface area (Å²) >= 11 is 5.83. The Labute approximate surface area is 153 Å². The third kappa shape index (κ3) is 6.38. The van der Waals surface area contributed by atoms with Gasteiger partial charge in [0.2, 0.25) is 0 Å². The summed E-state index contributed by atoms with van der Waals surface area (Å²) in [6.07, 6.45) is -0.653. The highest BCUT2D eigenvalue weighted by Gasteiger charge is 2.22. The van der Waals surface area contributed by atoms with Crippen molar-refractivity contribution in [3.05, 3.63) is 65.2 Å². The van der Waals surface area contributed by atoms with E-state index in [2.05, 4.69) is 10.6 Å². The van der Waals surface area contributed by atoms with Gasteiger partial charge in [-0.1, -0.05) is 41.9 Å². The molecular formula is C19H24ClN3O2.